The Hall–Kier alpha value is -2.61. The van der Waals surface area contributed by atoms with Crippen molar-refractivity contribution in [3.05, 3.63) is 47.8 Å². The minimum Gasteiger partial charge on any atom is -0.368 e. The van der Waals surface area contributed by atoms with Crippen molar-refractivity contribution < 1.29 is 18.0 Å². The molecule has 3 fully saturated rings. The molecule has 1 aliphatic carbocycles. The van der Waals surface area contributed by atoms with Crippen LogP contribution in [0.1, 0.15) is 55.3 Å². The minimum absolute atomic E-state index is 0.0190. The van der Waals surface area contributed by atoms with Gasteiger partial charge in [-0.2, -0.15) is 0 Å². The van der Waals surface area contributed by atoms with Crippen molar-refractivity contribution in [1.82, 2.24) is 15.6 Å². The normalized spacial score (nSPS) is 27.3. The zero-order valence-electron chi connectivity index (χ0n) is 18.5. The van der Waals surface area contributed by atoms with Crippen LogP contribution >= 0.6 is 0 Å². The third-order valence-corrected chi connectivity index (χ3v) is 7.34. The van der Waals surface area contributed by atoms with Crippen LogP contribution in [-0.4, -0.2) is 48.3 Å². The summed E-state index contributed by atoms with van der Waals surface area (Å²) in [5.74, 6) is -1.78. The summed E-state index contributed by atoms with van der Waals surface area (Å²) >= 11 is 0. The second kappa shape index (κ2) is 8.97. The standard InChI is InChI=1S/C25H29F3N4O/c26-17-10-16(11-18(27)12-17)19-13-29-14-20(24(33)31-22-5-2-1-4-21(22)28)23(19)32-9-7-25(15-32)6-3-8-30-25/h10-14,21-22,30H,1-9,15H2,(H,31,33)/t21-,22-,25?/m1/s1. The predicted molar refractivity (Wildman–Crippen MR) is 121 cm³/mol. The van der Waals surface area contributed by atoms with E-state index in [1.807, 2.05) is 0 Å². The number of halogens is 3. The Morgan fingerprint density at radius 2 is 1.88 bits per heavy atom. The van der Waals surface area contributed by atoms with Gasteiger partial charge in [0.15, 0.2) is 0 Å². The summed E-state index contributed by atoms with van der Waals surface area (Å²) in [4.78, 5) is 19.7. The number of aromatic nitrogens is 1. The number of anilines is 1. The number of rotatable bonds is 4. The lowest BCUT2D eigenvalue weighted by Gasteiger charge is -2.30. The molecule has 1 spiro atoms. The molecule has 3 aliphatic rings. The summed E-state index contributed by atoms with van der Waals surface area (Å²) in [6.45, 7) is 2.35. The van der Waals surface area contributed by atoms with Crippen molar-refractivity contribution in [3.8, 4) is 11.1 Å². The first-order chi connectivity index (χ1) is 15.9. The van der Waals surface area contributed by atoms with Gasteiger partial charge in [0.2, 0.25) is 0 Å². The second-order valence-electron chi connectivity index (χ2n) is 9.60. The number of carbonyl (C=O) groups excluding carboxylic acids is 1. The molecule has 2 aromatic rings. The summed E-state index contributed by atoms with van der Waals surface area (Å²) < 4.78 is 42.6. The molecule has 3 atom stereocenters. The van der Waals surface area contributed by atoms with Gasteiger partial charge in [0, 0.05) is 42.7 Å². The van der Waals surface area contributed by atoms with E-state index in [4.69, 9.17) is 0 Å². The van der Waals surface area contributed by atoms with E-state index in [9.17, 15) is 18.0 Å². The van der Waals surface area contributed by atoms with Crippen molar-refractivity contribution in [2.24, 2.45) is 0 Å². The predicted octanol–water partition coefficient (Wildman–Crippen LogP) is 4.37. The summed E-state index contributed by atoms with van der Waals surface area (Å²) in [6, 6.07) is 2.80. The van der Waals surface area contributed by atoms with Crippen LogP contribution in [0.25, 0.3) is 11.1 Å². The van der Waals surface area contributed by atoms with E-state index in [0.29, 0.717) is 48.3 Å². The van der Waals surface area contributed by atoms with Gasteiger partial charge in [0.05, 0.1) is 17.3 Å². The van der Waals surface area contributed by atoms with Crippen LogP contribution in [0.5, 0.6) is 0 Å². The van der Waals surface area contributed by atoms with Crippen LogP contribution in [0.4, 0.5) is 18.9 Å². The molecule has 5 rings (SSSR count). The van der Waals surface area contributed by atoms with Crippen LogP contribution in [0.15, 0.2) is 30.6 Å². The van der Waals surface area contributed by atoms with Crippen molar-refractivity contribution in [2.75, 3.05) is 24.5 Å². The van der Waals surface area contributed by atoms with E-state index < -0.39 is 29.8 Å². The molecule has 5 nitrogen and oxygen atoms in total. The minimum atomic E-state index is -1.07. The summed E-state index contributed by atoms with van der Waals surface area (Å²) in [7, 11) is 0. The molecule has 33 heavy (non-hydrogen) atoms. The third-order valence-electron chi connectivity index (χ3n) is 7.34. The number of nitrogens with zero attached hydrogens (tertiary/aromatic N) is 2. The first-order valence-corrected chi connectivity index (χ1v) is 11.8. The fourth-order valence-electron chi connectivity index (χ4n) is 5.66. The Bertz CT molecular complexity index is 1020. The molecule has 1 saturated carbocycles. The van der Waals surface area contributed by atoms with E-state index in [-0.39, 0.29) is 5.54 Å². The van der Waals surface area contributed by atoms with Gasteiger partial charge in [0.25, 0.3) is 5.91 Å². The lowest BCUT2D eigenvalue weighted by Crippen LogP contribution is -2.44. The maximum atomic E-state index is 14.4. The van der Waals surface area contributed by atoms with Gasteiger partial charge in [-0.1, -0.05) is 12.8 Å². The number of nitrogens with one attached hydrogen (secondary N) is 2. The Labute approximate surface area is 191 Å². The largest absolute Gasteiger partial charge is 0.368 e. The molecule has 2 saturated heterocycles. The van der Waals surface area contributed by atoms with Gasteiger partial charge in [-0.05, 0) is 56.3 Å². The molecule has 1 amide bonds. The monoisotopic (exact) mass is 458 g/mol. The van der Waals surface area contributed by atoms with Crippen LogP contribution in [0.2, 0.25) is 0 Å². The van der Waals surface area contributed by atoms with Crippen molar-refractivity contribution in [1.29, 1.82) is 0 Å². The number of alkyl halides is 1. The van der Waals surface area contributed by atoms with Crippen LogP contribution < -0.4 is 15.5 Å². The van der Waals surface area contributed by atoms with Gasteiger partial charge in [-0.15, -0.1) is 0 Å². The average molecular weight is 459 g/mol. The number of benzene rings is 1. The zero-order chi connectivity index (χ0) is 23.0. The van der Waals surface area contributed by atoms with Gasteiger partial charge >= 0.3 is 0 Å². The topological polar surface area (TPSA) is 57.3 Å². The summed E-state index contributed by atoms with van der Waals surface area (Å²) in [5, 5.41) is 6.47. The molecule has 176 valence electrons. The molecule has 0 bridgehead atoms. The fraction of sp³-hybridized carbons (Fsp3) is 0.520. The van der Waals surface area contributed by atoms with Gasteiger partial charge in [-0.25, -0.2) is 13.2 Å². The summed E-state index contributed by atoms with van der Waals surface area (Å²) in [6.07, 6.45) is 7.76. The molecule has 8 heteroatoms. The maximum absolute atomic E-state index is 14.4. The first kappa shape index (κ1) is 22.2. The lowest BCUT2D eigenvalue weighted by molar-refractivity contribution is 0.0884. The molecule has 1 aromatic carbocycles. The molecule has 2 aliphatic heterocycles. The third kappa shape index (κ3) is 4.45. The Balaban J connectivity index is 1.54. The highest BCUT2D eigenvalue weighted by atomic mass is 19.1. The van der Waals surface area contributed by atoms with E-state index in [1.165, 1.54) is 18.3 Å². The highest BCUT2D eigenvalue weighted by Crippen LogP contribution is 2.40. The summed E-state index contributed by atoms with van der Waals surface area (Å²) in [5.41, 5.74) is 1.71. The quantitative estimate of drug-likeness (QED) is 0.715. The second-order valence-corrected chi connectivity index (χ2v) is 9.60. The fourth-order valence-corrected chi connectivity index (χ4v) is 5.66. The highest BCUT2D eigenvalue weighted by molar-refractivity contribution is 6.03. The SMILES string of the molecule is O=C(N[C@@H]1CCCC[C@H]1F)c1cncc(-c2cc(F)cc(F)c2)c1N1CCC2(CCCN2)C1. The molecule has 1 aromatic heterocycles. The van der Waals surface area contributed by atoms with Gasteiger partial charge in [0.1, 0.15) is 17.8 Å². The highest BCUT2D eigenvalue weighted by Gasteiger charge is 2.41. The number of hydrogen-bond donors (Lipinski definition) is 2. The molecule has 1 unspecified atom stereocenters. The smallest absolute Gasteiger partial charge is 0.255 e. The Morgan fingerprint density at radius 1 is 1.09 bits per heavy atom. The van der Waals surface area contributed by atoms with Crippen molar-refractivity contribution in [2.45, 2.75) is 62.7 Å². The average Bonchev–Trinajstić information content (AvgIpc) is 3.43. The van der Waals surface area contributed by atoms with Crippen LogP contribution in [0, 0.1) is 11.6 Å². The lowest BCUT2D eigenvalue weighted by atomic mass is 9.93. The number of hydrogen-bond acceptors (Lipinski definition) is 4. The zero-order valence-corrected chi connectivity index (χ0v) is 18.5. The number of amides is 1. The van der Waals surface area contributed by atoms with Crippen LogP contribution in [0.3, 0.4) is 0 Å². The maximum Gasteiger partial charge on any atom is 0.255 e. The van der Waals surface area contributed by atoms with Crippen molar-refractivity contribution >= 4 is 11.6 Å². The van der Waals surface area contributed by atoms with E-state index >= 15 is 0 Å². The van der Waals surface area contributed by atoms with E-state index in [0.717, 1.165) is 44.7 Å². The van der Waals surface area contributed by atoms with Crippen molar-refractivity contribution in [3.63, 3.8) is 0 Å². The van der Waals surface area contributed by atoms with Gasteiger partial charge in [-0.3, -0.25) is 9.78 Å². The number of pyridine rings is 1. The first-order valence-electron chi connectivity index (χ1n) is 11.8. The Kier molecular flexibility index (Phi) is 6.03. The van der Waals surface area contributed by atoms with E-state index in [1.54, 1.807) is 6.20 Å². The number of carbonyl (C=O) groups is 1. The molecule has 0 radical (unpaired) electrons. The van der Waals surface area contributed by atoms with Gasteiger partial charge < -0.3 is 15.5 Å². The molecule has 2 N–H and O–H groups in total. The molecule has 3 heterocycles. The molecular weight excluding hydrogens is 429 g/mol. The van der Waals surface area contributed by atoms with E-state index in [2.05, 4.69) is 20.5 Å². The Morgan fingerprint density at radius 3 is 2.61 bits per heavy atom. The van der Waals surface area contributed by atoms with Crippen LogP contribution in [-0.2, 0) is 0 Å². The molecular formula is C25H29F3N4O.